The molecule has 0 spiro atoms. The highest BCUT2D eigenvalue weighted by Gasteiger charge is 2.26. The first kappa shape index (κ1) is 15.8. The van der Waals surface area contributed by atoms with Gasteiger partial charge in [0, 0.05) is 24.6 Å². The highest BCUT2D eigenvalue weighted by molar-refractivity contribution is 5.45. The first-order valence-electron chi connectivity index (χ1n) is 8.59. The molecular formula is C19H26N4. The molecule has 1 aliphatic rings. The van der Waals surface area contributed by atoms with Crippen molar-refractivity contribution in [3.63, 3.8) is 0 Å². The second-order valence-corrected chi connectivity index (χ2v) is 6.51. The van der Waals surface area contributed by atoms with E-state index in [1.54, 1.807) is 0 Å². The molecule has 1 atom stereocenters. The van der Waals surface area contributed by atoms with E-state index >= 15 is 0 Å². The zero-order chi connectivity index (χ0) is 16.2. The Bertz CT molecular complexity index is 664. The number of benzene rings is 1. The van der Waals surface area contributed by atoms with Gasteiger partial charge in [0.15, 0.2) is 0 Å². The van der Waals surface area contributed by atoms with E-state index in [2.05, 4.69) is 66.7 Å². The van der Waals surface area contributed by atoms with Crippen molar-refractivity contribution >= 4 is 11.8 Å². The van der Waals surface area contributed by atoms with Crippen LogP contribution in [0.25, 0.3) is 0 Å². The zero-order valence-electron chi connectivity index (χ0n) is 14.3. The lowest BCUT2D eigenvalue weighted by molar-refractivity contribution is 0.750. The molecule has 4 nitrogen and oxygen atoms in total. The van der Waals surface area contributed by atoms with E-state index in [4.69, 9.17) is 4.98 Å². The molecule has 0 aliphatic heterocycles. The Morgan fingerprint density at radius 3 is 2.70 bits per heavy atom. The zero-order valence-corrected chi connectivity index (χ0v) is 14.3. The van der Waals surface area contributed by atoms with E-state index in [0.717, 1.165) is 30.4 Å². The minimum Gasteiger partial charge on any atom is -0.366 e. The lowest BCUT2D eigenvalue weighted by atomic mass is 10.1. The van der Waals surface area contributed by atoms with Gasteiger partial charge in [0.2, 0.25) is 5.95 Å². The van der Waals surface area contributed by atoms with Crippen molar-refractivity contribution in [2.75, 3.05) is 10.6 Å². The molecule has 1 heterocycles. The molecule has 0 bridgehead atoms. The van der Waals surface area contributed by atoms with Gasteiger partial charge in [-0.1, -0.05) is 31.2 Å². The Morgan fingerprint density at radius 1 is 1.22 bits per heavy atom. The van der Waals surface area contributed by atoms with Gasteiger partial charge in [-0.25, -0.2) is 4.98 Å². The van der Waals surface area contributed by atoms with Crippen molar-refractivity contribution < 1.29 is 0 Å². The smallest absolute Gasteiger partial charge is 0.225 e. The van der Waals surface area contributed by atoms with Crippen LogP contribution in [0.2, 0.25) is 0 Å². The third-order valence-corrected chi connectivity index (χ3v) is 4.45. The molecule has 122 valence electrons. The Labute approximate surface area is 138 Å². The third-order valence-electron chi connectivity index (χ3n) is 4.45. The van der Waals surface area contributed by atoms with Crippen LogP contribution in [0.15, 0.2) is 30.3 Å². The van der Waals surface area contributed by atoms with E-state index in [0.29, 0.717) is 12.0 Å². The van der Waals surface area contributed by atoms with E-state index in [9.17, 15) is 0 Å². The number of nitrogens with one attached hydrogen (secondary N) is 2. The van der Waals surface area contributed by atoms with E-state index in [1.165, 1.54) is 24.0 Å². The van der Waals surface area contributed by atoms with Crippen molar-refractivity contribution in [1.29, 1.82) is 0 Å². The predicted molar refractivity (Wildman–Crippen MR) is 95.9 cm³/mol. The minimum atomic E-state index is 0.383. The molecule has 0 amide bonds. The monoisotopic (exact) mass is 310 g/mol. The maximum absolute atomic E-state index is 4.69. The minimum absolute atomic E-state index is 0.383. The molecule has 1 saturated carbocycles. The number of hydrogen-bond acceptors (Lipinski definition) is 4. The van der Waals surface area contributed by atoms with Crippen molar-refractivity contribution in [3.05, 3.63) is 47.2 Å². The summed E-state index contributed by atoms with van der Waals surface area (Å²) in [5.74, 6) is 2.28. The van der Waals surface area contributed by atoms with Crippen molar-refractivity contribution in [3.8, 4) is 0 Å². The fourth-order valence-corrected chi connectivity index (χ4v) is 2.53. The van der Waals surface area contributed by atoms with Crippen LogP contribution in [0.5, 0.6) is 0 Å². The summed E-state index contributed by atoms with van der Waals surface area (Å²) in [7, 11) is 0. The number of aromatic nitrogens is 2. The van der Waals surface area contributed by atoms with Gasteiger partial charge in [-0.15, -0.1) is 0 Å². The van der Waals surface area contributed by atoms with Gasteiger partial charge in [0.05, 0.1) is 5.69 Å². The van der Waals surface area contributed by atoms with Gasteiger partial charge in [-0.05, 0) is 44.2 Å². The van der Waals surface area contributed by atoms with E-state index in [1.807, 2.05) is 0 Å². The predicted octanol–water partition coefficient (Wildman–Crippen LogP) is 4.48. The largest absolute Gasteiger partial charge is 0.366 e. The summed E-state index contributed by atoms with van der Waals surface area (Å²) in [5, 5.41) is 6.87. The number of anilines is 2. The van der Waals surface area contributed by atoms with Gasteiger partial charge in [0.1, 0.15) is 5.82 Å². The topological polar surface area (TPSA) is 49.8 Å². The highest BCUT2D eigenvalue weighted by atomic mass is 15.2. The molecule has 0 saturated heterocycles. The van der Waals surface area contributed by atoms with Crippen LogP contribution < -0.4 is 10.6 Å². The Morgan fingerprint density at radius 2 is 2.00 bits per heavy atom. The van der Waals surface area contributed by atoms with Crippen LogP contribution >= 0.6 is 0 Å². The third kappa shape index (κ3) is 4.21. The molecule has 23 heavy (non-hydrogen) atoms. The molecule has 2 N–H and O–H groups in total. The van der Waals surface area contributed by atoms with Crippen LogP contribution in [0, 0.1) is 6.92 Å². The molecule has 4 heteroatoms. The summed E-state index contributed by atoms with van der Waals surface area (Å²) in [6.45, 7) is 7.26. The Kier molecular flexibility index (Phi) is 4.79. The van der Waals surface area contributed by atoms with Crippen LogP contribution in [0.1, 0.15) is 55.8 Å². The molecule has 1 aliphatic carbocycles. The fraction of sp³-hybridized carbons (Fsp3) is 0.474. The van der Waals surface area contributed by atoms with Gasteiger partial charge in [0.25, 0.3) is 0 Å². The number of nitrogens with zero attached hydrogens (tertiary/aromatic N) is 2. The van der Waals surface area contributed by atoms with E-state index < -0.39 is 0 Å². The molecule has 2 aromatic rings. The quantitative estimate of drug-likeness (QED) is 0.791. The SMILES string of the molecule is CC[C@H](C)Nc1nc(NCc2ccccc2C)cc(C2CC2)n1. The average molecular weight is 310 g/mol. The van der Waals surface area contributed by atoms with Crippen LogP contribution in [0.4, 0.5) is 11.8 Å². The van der Waals surface area contributed by atoms with Crippen LogP contribution in [-0.4, -0.2) is 16.0 Å². The number of aryl methyl sites for hydroxylation is 1. The summed E-state index contributed by atoms with van der Waals surface area (Å²) >= 11 is 0. The normalized spacial score (nSPS) is 15.3. The molecule has 1 aromatic heterocycles. The van der Waals surface area contributed by atoms with Crippen LogP contribution in [-0.2, 0) is 6.54 Å². The highest BCUT2D eigenvalue weighted by Crippen LogP contribution is 2.40. The first-order chi connectivity index (χ1) is 11.2. The second-order valence-electron chi connectivity index (χ2n) is 6.51. The average Bonchev–Trinajstić information content (AvgIpc) is 3.39. The van der Waals surface area contributed by atoms with Crippen molar-refractivity contribution in [2.24, 2.45) is 0 Å². The Balaban J connectivity index is 1.76. The number of rotatable bonds is 7. The van der Waals surface area contributed by atoms with E-state index in [-0.39, 0.29) is 0 Å². The molecule has 0 unspecified atom stereocenters. The number of hydrogen-bond donors (Lipinski definition) is 2. The molecule has 1 fully saturated rings. The molecular weight excluding hydrogens is 284 g/mol. The summed E-state index contributed by atoms with van der Waals surface area (Å²) in [6.07, 6.45) is 3.55. The maximum atomic E-state index is 4.69. The summed E-state index contributed by atoms with van der Waals surface area (Å²) < 4.78 is 0. The van der Waals surface area contributed by atoms with Crippen LogP contribution in [0.3, 0.4) is 0 Å². The lowest BCUT2D eigenvalue weighted by Gasteiger charge is -2.15. The Hall–Kier alpha value is -2.10. The molecule has 1 aromatic carbocycles. The molecule has 3 rings (SSSR count). The summed E-state index contributed by atoms with van der Waals surface area (Å²) in [6, 6.07) is 10.9. The maximum Gasteiger partial charge on any atom is 0.225 e. The van der Waals surface area contributed by atoms with Gasteiger partial charge >= 0.3 is 0 Å². The summed E-state index contributed by atoms with van der Waals surface area (Å²) in [4.78, 5) is 9.34. The second kappa shape index (κ2) is 6.99. The summed E-state index contributed by atoms with van der Waals surface area (Å²) in [5.41, 5.74) is 3.77. The van der Waals surface area contributed by atoms with Gasteiger partial charge < -0.3 is 10.6 Å². The standard InChI is InChI=1S/C19H26N4/c1-4-14(3)21-19-22-17(15-9-10-15)11-18(23-19)20-12-16-8-6-5-7-13(16)2/h5-8,11,14-15H,4,9-10,12H2,1-3H3,(H2,20,21,22,23)/t14-/m0/s1. The van der Waals surface area contributed by atoms with Gasteiger partial charge in [-0.3, -0.25) is 0 Å². The van der Waals surface area contributed by atoms with Crippen molar-refractivity contribution in [1.82, 2.24) is 9.97 Å². The lowest BCUT2D eigenvalue weighted by Crippen LogP contribution is -2.17. The molecule has 0 radical (unpaired) electrons. The van der Waals surface area contributed by atoms with Crippen molar-refractivity contribution in [2.45, 2.75) is 58.5 Å². The first-order valence-corrected chi connectivity index (χ1v) is 8.59. The fourth-order valence-electron chi connectivity index (χ4n) is 2.53. The van der Waals surface area contributed by atoms with Gasteiger partial charge in [-0.2, -0.15) is 4.98 Å².